The van der Waals surface area contributed by atoms with E-state index in [0.29, 0.717) is 0 Å². The van der Waals surface area contributed by atoms with Crippen LogP contribution in [0.4, 0.5) is 0 Å². The molecule has 0 unspecified atom stereocenters. The second-order valence-corrected chi connectivity index (χ2v) is 28.0. The summed E-state index contributed by atoms with van der Waals surface area (Å²) in [5, 5.41) is 21.6. The van der Waals surface area contributed by atoms with Crippen molar-refractivity contribution < 1.29 is 0 Å². The summed E-state index contributed by atoms with van der Waals surface area (Å²) >= 11 is 0. The lowest BCUT2D eigenvalue weighted by Gasteiger charge is -2.20. The summed E-state index contributed by atoms with van der Waals surface area (Å²) in [5.41, 5.74) is 24.5. The van der Waals surface area contributed by atoms with Gasteiger partial charge in [0.2, 0.25) is 0 Å². The van der Waals surface area contributed by atoms with Gasteiger partial charge in [0.15, 0.2) is 0 Å². The molecule has 0 radical (unpaired) electrons. The number of rotatable bonds is 9. The molecule has 22 aromatic rings. The number of benzene rings is 19. The Labute approximate surface area is 605 Å². The molecule has 0 N–H and O–H groups in total. The SMILES string of the molecule is c1ccc(-c2c3ccccc3c(-c3ccccc3)c3cc(-n4c5ccccc5c5c4c4c6ccccc6n(-c6ccc7c(-c8ccccc8)c8ccccc8c(-c8ccccc8)c7c6)c4c4c6ccccc6n(-c6ccc7c(-c8ccccc8)c8ccccc8c(-c8ccccc8)c7c6)c54)ccc23)cc1. The van der Waals surface area contributed by atoms with Crippen LogP contribution >= 0.6 is 0 Å². The molecule has 0 aliphatic rings. The van der Waals surface area contributed by atoms with Crippen LogP contribution in [0.3, 0.4) is 0 Å². The van der Waals surface area contributed by atoms with Crippen LogP contribution in [0.25, 0.3) is 214 Å². The molecule has 19 aromatic carbocycles. The predicted molar refractivity (Wildman–Crippen MR) is 447 cm³/mol. The average Bonchev–Trinajstić information content (AvgIpc) is 1.50. The molecule has 0 bridgehead atoms. The summed E-state index contributed by atoms with van der Waals surface area (Å²) < 4.78 is 7.90. The number of hydrogen-bond acceptors (Lipinski definition) is 0. The van der Waals surface area contributed by atoms with E-state index in [1.54, 1.807) is 0 Å². The molecular weight excluding hydrogens is 1270 g/mol. The van der Waals surface area contributed by atoms with Crippen molar-refractivity contribution in [3.05, 3.63) is 382 Å². The van der Waals surface area contributed by atoms with E-state index in [9.17, 15) is 0 Å². The summed E-state index contributed by atoms with van der Waals surface area (Å²) in [5.74, 6) is 0. The standard InChI is InChI=1S/C102H63N3/c1-7-31-64(32-8-1)91-73-43-19-22-46-76(73)94(67-37-13-4-14-38-67)85-61-70(55-58-79(85)91)103-88-52-28-25-49-82(88)97-100(103)98-83-50-26-29-53-89(83)104(71-56-59-80-86(62-71)95(68-39-15-5-16-40-68)77-47-23-20-44-74(77)92(80)65-33-9-2-10-34-65)102(98)99-84-51-27-30-54-90(84)105(101(97)99)72-57-60-81-87(63-72)96(69-41-17-6-18-42-69)78-48-24-21-45-75(78)93(81)66-35-11-3-12-36-66/h1-63H. The van der Waals surface area contributed by atoms with Crippen molar-refractivity contribution in [2.45, 2.75) is 0 Å². The van der Waals surface area contributed by atoms with Gasteiger partial charge >= 0.3 is 0 Å². The second-order valence-electron chi connectivity index (χ2n) is 28.0. The van der Waals surface area contributed by atoms with E-state index in [-0.39, 0.29) is 0 Å². The van der Waals surface area contributed by atoms with Gasteiger partial charge in [0, 0.05) is 49.4 Å². The lowest BCUT2D eigenvalue weighted by molar-refractivity contribution is 1.18. The molecule has 3 nitrogen and oxygen atoms in total. The van der Waals surface area contributed by atoms with Crippen molar-refractivity contribution in [3.8, 4) is 83.8 Å². The Morgan fingerprint density at radius 3 is 0.524 bits per heavy atom. The van der Waals surface area contributed by atoms with Gasteiger partial charge in [0.25, 0.3) is 0 Å². The monoisotopic (exact) mass is 1330 g/mol. The zero-order valence-corrected chi connectivity index (χ0v) is 57.2. The van der Waals surface area contributed by atoms with Gasteiger partial charge in [0.1, 0.15) is 0 Å². The van der Waals surface area contributed by atoms with Gasteiger partial charge in [-0.05, 0) is 186 Å². The Bertz CT molecular complexity index is 6600. The molecule has 0 aliphatic carbocycles. The summed E-state index contributed by atoms with van der Waals surface area (Å²) in [4.78, 5) is 0. The molecule has 0 saturated heterocycles. The predicted octanol–water partition coefficient (Wildman–Crippen LogP) is 27.9. The third kappa shape index (κ3) is 8.73. The summed E-state index contributed by atoms with van der Waals surface area (Å²) in [7, 11) is 0. The number of nitrogens with zero attached hydrogens (tertiary/aromatic N) is 3. The van der Waals surface area contributed by atoms with Crippen LogP contribution in [0.1, 0.15) is 0 Å². The highest BCUT2D eigenvalue weighted by Gasteiger charge is 2.31. The molecular formula is C102H63N3. The van der Waals surface area contributed by atoms with Gasteiger partial charge < -0.3 is 13.7 Å². The van der Waals surface area contributed by atoms with Crippen molar-refractivity contribution >= 4 is 130 Å². The minimum atomic E-state index is 1.08. The molecule has 105 heavy (non-hydrogen) atoms. The van der Waals surface area contributed by atoms with E-state index in [4.69, 9.17) is 0 Å². The van der Waals surface area contributed by atoms with Gasteiger partial charge in [-0.25, -0.2) is 0 Å². The smallest absolute Gasteiger partial charge is 0.0663 e. The largest absolute Gasteiger partial charge is 0.308 e. The number of hydrogen-bond donors (Lipinski definition) is 0. The first-order valence-electron chi connectivity index (χ1n) is 36.4. The van der Waals surface area contributed by atoms with E-state index in [2.05, 4.69) is 396 Å². The Morgan fingerprint density at radius 2 is 0.305 bits per heavy atom. The lowest BCUT2D eigenvalue weighted by Crippen LogP contribution is -1.99. The molecule has 3 heterocycles. The van der Waals surface area contributed by atoms with E-state index >= 15 is 0 Å². The van der Waals surface area contributed by atoms with Crippen molar-refractivity contribution in [1.29, 1.82) is 0 Å². The van der Waals surface area contributed by atoms with Crippen molar-refractivity contribution in [2.75, 3.05) is 0 Å². The molecule has 0 aliphatic heterocycles. The molecule has 0 amide bonds. The van der Waals surface area contributed by atoms with Crippen LogP contribution < -0.4 is 0 Å². The van der Waals surface area contributed by atoms with E-state index in [1.807, 2.05) is 0 Å². The fourth-order valence-electron chi connectivity index (χ4n) is 18.4. The molecule has 0 spiro atoms. The number of para-hydroxylation sites is 3. The van der Waals surface area contributed by atoms with Crippen molar-refractivity contribution in [2.24, 2.45) is 0 Å². The fraction of sp³-hybridized carbons (Fsp3) is 0. The molecule has 3 aromatic heterocycles. The third-order valence-electron chi connectivity index (χ3n) is 22.5. The maximum absolute atomic E-state index is 2.63. The Hall–Kier alpha value is -13.9. The average molecular weight is 1330 g/mol. The molecule has 3 heteroatoms. The quantitative estimate of drug-likeness (QED) is 0.128. The molecule has 22 rings (SSSR count). The second kappa shape index (κ2) is 23.4. The minimum absolute atomic E-state index is 1.08. The van der Waals surface area contributed by atoms with Gasteiger partial charge in [-0.2, -0.15) is 0 Å². The summed E-state index contributed by atoms with van der Waals surface area (Å²) in [6.45, 7) is 0. The van der Waals surface area contributed by atoms with Crippen molar-refractivity contribution in [3.63, 3.8) is 0 Å². The topological polar surface area (TPSA) is 14.8 Å². The first-order chi connectivity index (χ1) is 52.2. The van der Waals surface area contributed by atoms with Crippen LogP contribution in [0.5, 0.6) is 0 Å². The van der Waals surface area contributed by atoms with Crippen LogP contribution in [0, 0.1) is 0 Å². The first kappa shape index (κ1) is 58.9. The van der Waals surface area contributed by atoms with Gasteiger partial charge in [-0.1, -0.05) is 328 Å². The Kier molecular flexibility index (Phi) is 13.1. The summed E-state index contributed by atoms with van der Waals surface area (Å²) in [6, 6.07) is 143. The highest BCUT2D eigenvalue weighted by molar-refractivity contribution is 6.41. The fourth-order valence-corrected chi connectivity index (χ4v) is 18.4. The van der Waals surface area contributed by atoms with Crippen LogP contribution in [0.15, 0.2) is 382 Å². The first-order valence-corrected chi connectivity index (χ1v) is 36.4. The molecule has 486 valence electrons. The maximum atomic E-state index is 2.63. The van der Waals surface area contributed by atoms with Gasteiger partial charge in [-0.3, -0.25) is 0 Å². The number of fused-ring (bicyclic) bond motifs is 18. The molecule has 0 atom stereocenters. The molecule has 0 fully saturated rings. The lowest BCUT2D eigenvalue weighted by atomic mass is 9.86. The van der Waals surface area contributed by atoms with E-state index < -0.39 is 0 Å². The number of aromatic nitrogens is 3. The minimum Gasteiger partial charge on any atom is -0.308 e. The van der Waals surface area contributed by atoms with Crippen LogP contribution in [0.2, 0.25) is 0 Å². The molecule has 0 saturated carbocycles. The van der Waals surface area contributed by atoms with Crippen LogP contribution in [-0.4, -0.2) is 13.7 Å². The van der Waals surface area contributed by atoms with E-state index in [0.717, 1.165) is 50.2 Å². The highest BCUT2D eigenvalue weighted by Crippen LogP contribution is 2.54. The summed E-state index contributed by atoms with van der Waals surface area (Å²) in [6.07, 6.45) is 0. The van der Waals surface area contributed by atoms with Crippen LogP contribution in [-0.2, 0) is 0 Å². The zero-order valence-electron chi connectivity index (χ0n) is 57.2. The zero-order chi connectivity index (χ0) is 68.8. The Balaban J connectivity index is 0.944. The van der Waals surface area contributed by atoms with Gasteiger partial charge in [0.05, 0.1) is 33.1 Å². The normalized spacial score (nSPS) is 12.0. The maximum Gasteiger partial charge on any atom is 0.0663 e. The highest BCUT2D eigenvalue weighted by atomic mass is 15.0. The van der Waals surface area contributed by atoms with E-state index in [1.165, 1.54) is 164 Å². The Morgan fingerprint density at radius 1 is 0.133 bits per heavy atom. The third-order valence-corrected chi connectivity index (χ3v) is 22.5. The van der Waals surface area contributed by atoms with Gasteiger partial charge in [-0.15, -0.1) is 0 Å². The van der Waals surface area contributed by atoms with Crippen molar-refractivity contribution in [1.82, 2.24) is 13.7 Å².